The number of carbonyl (C=O) groups is 3. The molecule has 0 aliphatic carbocycles. The summed E-state index contributed by atoms with van der Waals surface area (Å²) >= 11 is 0. The fourth-order valence-electron chi connectivity index (χ4n) is 2.38. The molecule has 20 heavy (non-hydrogen) atoms. The predicted octanol–water partition coefficient (Wildman–Crippen LogP) is 0.0412. The first kappa shape index (κ1) is 16.4. The number of rotatable bonds is 7. The summed E-state index contributed by atoms with van der Waals surface area (Å²) in [6, 6.07) is -1.08. The van der Waals surface area contributed by atoms with Gasteiger partial charge in [-0.25, -0.2) is 4.79 Å². The number of hydrogen-bond donors (Lipinski definition) is 3. The van der Waals surface area contributed by atoms with Gasteiger partial charge in [-0.15, -0.1) is 0 Å². The molecule has 0 aromatic heterocycles. The Labute approximate surface area is 118 Å². The maximum Gasteiger partial charge on any atom is 0.326 e. The molecule has 0 saturated carbocycles. The lowest BCUT2D eigenvalue weighted by Gasteiger charge is -2.28. The topological polar surface area (TPSA) is 105 Å². The molecule has 1 amide bonds. The summed E-state index contributed by atoms with van der Waals surface area (Å²) in [5.41, 5.74) is -0.682. The molecule has 1 heterocycles. The van der Waals surface area contributed by atoms with Crippen LogP contribution in [0.5, 0.6) is 0 Å². The number of nitrogens with one attached hydrogen (secondary N) is 2. The Morgan fingerprint density at radius 1 is 1.45 bits per heavy atom. The maximum atomic E-state index is 12.3. The maximum absolute atomic E-state index is 12.3. The molecule has 1 unspecified atom stereocenters. The molecule has 1 saturated heterocycles. The summed E-state index contributed by atoms with van der Waals surface area (Å²) in [5.74, 6) is -1.95. The van der Waals surface area contributed by atoms with Crippen molar-refractivity contribution in [1.29, 1.82) is 0 Å². The predicted molar refractivity (Wildman–Crippen MR) is 71.1 cm³/mol. The Kier molecular flexibility index (Phi) is 5.94. The molecule has 0 spiro atoms. The van der Waals surface area contributed by atoms with Gasteiger partial charge in [0.05, 0.1) is 12.6 Å². The number of hydrogen-bond acceptors (Lipinski definition) is 5. The molecule has 0 radical (unpaired) electrons. The number of carbonyl (C=O) groups excluding carboxylic acids is 2. The average molecular weight is 286 g/mol. The normalized spacial score (nSPS) is 23.1. The summed E-state index contributed by atoms with van der Waals surface area (Å²) in [6.07, 6.45) is 2.16. The summed E-state index contributed by atoms with van der Waals surface area (Å²) < 4.78 is 4.47. The van der Waals surface area contributed by atoms with Gasteiger partial charge >= 0.3 is 11.9 Å². The number of carboxylic acid groups (broad SMARTS) is 1. The summed E-state index contributed by atoms with van der Waals surface area (Å²) in [6.45, 7) is 2.64. The van der Waals surface area contributed by atoms with E-state index in [4.69, 9.17) is 5.11 Å². The zero-order valence-corrected chi connectivity index (χ0v) is 11.9. The molecule has 2 atom stereocenters. The monoisotopic (exact) mass is 286 g/mol. The molecule has 0 bridgehead atoms. The average Bonchev–Trinajstić information content (AvgIpc) is 2.92. The molecule has 1 rings (SSSR count). The third-order valence-electron chi connectivity index (χ3n) is 3.75. The van der Waals surface area contributed by atoms with Gasteiger partial charge in [0.25, 0.3) is 0 Å². The highest BCUT2D eigenvalue weighted by molar-refractivity contribution is 5.90. The minimum Gasteiger partial charge on any atom is -0.480 e. The van der Waals surface area contributed by atoms with E-state index in [-0.39, 0.29) is 18.7 Å². The van der Waals surface area contributed by atoms with Crippen LogP contribution in [0.3, 0.4) is 0 Å². The highest BCUT2D eigenvalue weighted by Gasteiger charge is 2.40. The molecule has 1 fully saturated rings. The van der Waals surface area contributed by atoms with Crippen LogP contribution in [0, 0.1) is 0 Å². The van der Waals surface area contributed by atoms with Crippen molar-refractivity contribution in [2.45, 2.75) is 50.6 Å². The van der Waals surface area contributed by atoms with E-state index in [1.54, 1.807) is 0 Å². The molecular weight excluding hydrogens is 264 g/mol. The zero-order chi connectivity index (χ0) is 15.2. The van der Waals surface area contributed by atoms with E-state index in [0.717, 1.165) is 13.0 Å². The van der Waals surface area contributed by atoms with Crippen LogP contribution in [0.4, 0.5) is 0 Å². The van der Waals surface area contributed by atoms with Crippen molar-refractivity contribution in [3.63, 3.8) is 0 Å². The number of methoxy groups -OCH3 is 1. The lowest BCUT2D eigenvalue weighted by atomic mass is 9.92. The minimum atomic E-state index is -1.15. The number of ether oxygens (including phenoxy) is 1. The van der Waals surface area contributed by atoms with Crippen LogP contribution in [0.1, 0.15) is 39.0 Å². The molecule has 0 aromatic carbocycles. The Morgan fingerprint density at radius 2 is 2.15 bits per heavy atom. The van der Waals surface area contributed by atoms with E-state index in [1.165, 1.54) is 7.11 Å². The standard InChI is InChI=1S/C13H22N2O5/c1-3-13(7-4-8-14-13)12(19)15-9(11(17)18)5-6-10(16)20-2/h9,14H,3-8H2,1-2H3,(H,15,19)(H,17,18)/t9-,13?/m0/s1. The first-order valence-corrected chi connectivity index (χ1v) is 6.81. The lowest BCUT2D eigenvalue weighted by Crippen LogP contribution is -2.56. The van der Waals surface area contributed by atoms with Crippen molar-refractivity contribution in [2.75, 3.05) is 13.7 Å². The number of carboxylic acids is 1. The third-order valence-corrected chi connectivity index (χ3v) is 3.75. The smallest absolute Gasteiger partial charge is 0.326 e. The first-order chi connectivity index (χ1) is 9.45. The van der Waals surface area contributed by atoms with Crippen LogP contribution in [-0.2, 0) is 19.1 Å². The van der Waals surface area contributed by atoms with Crippen LogP contribution >= 0.6 is 0 Å². The zero-order valence-electron chi connectivity index (χ0n) is 11.9. The van der Waals surface area contributed by atoms with Gasteiger partial charge in [0.2, 0.25) is 5.91 Å². The van der Waals surface area contributed by atoms with E-state index in [0.29, 0.717) is 12.8 Å². The summed E-state index contributed by atoms with van der Waals surface area (Å²) in [5, 5.41) is 14.8. The van der Waals surface area contributed by atoms with Crippen LogP contribution in [0.15, 0.2) is 0 Å². The number of aliphatic carboxylic acids is 1. The summed E-state index contributed by atoms with van der Waals surface area (Å²) in [4.78, 5) is 34.5. The molecule has 1 aliphatic rings. The molecule has 1 aliphatic heterocycles. The van der Waals surface area contributed by atoms with E-state index >= 15 is 0 Å². The minimum absolute atomic E-state index is 0.0214. The first-order valence-electron chi connectivity index (χ1n) is 6.81. The van der Waals surface area contributed by atoms with Gasteiger partial charge in [-0.2, -0.15) is 0 Å². The Hall–Kier alpha value is -1.63. The van der Waals surface area contributed by atoms with E-state index < -0.39 is 23.5 Å². The van der Waals surface area contributed by atoms with Crippen LogP contribution in [0.25, 0.3) is 0 Å². The largest absolute Gasteiger partial charge is 0.480 e. The molecule has 7 heteroatoms. The molecule has 0 aromatic rings. The molecular formula is C13H22N2O5. The number of amides is 1. The highest BCUT2D eigenvalue weighted by Crippen LogP contribution is 2.23. The Morgan fingerprint density at radius 3 is 2.60 bits per heavy atom. The fraction of sp³-hybridized carbons (Fsp3) is 0.769. The second kappa shape index (κ2) is 7.23. The van der Waals surface area contributed by atoms with Crippen LogP contribution in [0.2, 0.25) is 0 Å². The van der Waals surface area contributed by atoms with Crippen molar-refractivity contribution >= 4 is 17.8 Å². The summed E-state index contributed by atoms with van der Waals surface area (Å²) in [7, 11) is 1.24. The third kappa shape index (κ3) is 3.93. The highest BCUT2D eigenvalue weighted by atomic mass is 16.5. The van der Waals surface area contributed by atoms with E-state index in [9.17, 15) is 14.4 Å². The van der Waals surface area contributed by atoms with Crippen LogP contribution in [-0.4, -0.2) is 48.2 Å². The quantitative estimate of drug-likeness (QED) is 0.571. The van der Waals surface area contributed by atoms with Crippen molar-refractivity contribution in [1.82, 2.24) is 10.6 Å². The van der Waals surface area contributed by atoms with Gasteiger partial charge < -0.3 is 20.5 Å². The lowest BCUT2D eigenvalue weighted by molar-refractivity contribution is -0.144. The van der Waals surface area contributed by atoms with Crippen molar-refractivity contribution in [2.24, 2.45) is 0 Å². The van der Waals surface area contributed by atoms with Gasteiger partial charge in [-0.05, 0) is 32.2 Å². The number of esters is 1. The van der Waals surface area contributed by atoms with Gasteiger partial charge in [-0.1, -0.05) is 6.92 Å². The van der Waals surface area contributed by atoms with Gasteiger partial charge in [0.15, 0.2) is 0 Å². The van der Waals surface area contributed by atoms with Crippen LogP contribution < -0.4 is 10.6 Å². The fourth-order valence-corrected chi connectivity index (χ4v) is 2.38. The van der Waals surface area contributed by atoms with Gasteiger partial charge in [-0.3, -0.25) is 9.59 Å². The molecule has 3 N–H and O–H groups in total. The second-order valence-corrected chi connectivity index (χ2v) is 4.95. The molecule has 7 nitrogen and oxygen atoms in total. The SMILES string of the molecule is CCC1(C(=O)N[C@@H](CCC(=O)OC)C(=O)O)CCCN1. The van der Waals surface area contributed by atoms with Crippen molar-refractivity contribution < 1.29 is 24.2 Å². The Bertz CT molecular complexity index is 377. The second-order valence-electron chi connectivity index (χ2n) is 4.95. The van der Waals surface area contributed by atoms with E-state index in [1.807, 2.05) is 6.92 Å². The van der Waals surface area contributed by atoms with Gasteiger partial charge in [0.1, 0.15) is 6.04 Å². The van der Waals surface area contributed by atoms with Crippen molar-refractivity contribution in [3.8, 4) is 0 Å². The van der Waals surface area contributed by atoms with Crippen molar-refractivity contribution in [3.05, 3.63) is 0 Å². The van der Waals surface area contributed by atoms with E-state index in [2.05, 4.69) is 15.4 Å². The Balaban J connectivity index is 2.63. The molecule has 114 valence electrons. The van der Waals surface area contributed by atoms with Gasteiger partial charge in [0, 0.05) is 6.42 Å².